The molecule has 0 spiro atoms. The number of hydrogen-bond donors (Lipinski definition) is 2. The Balaban J connectivity index is 1.23. The number of likely N-dealkylation sites (tertiary alicyclic amines) is 1. The van der Waals surface area contributed by atoms with Crippen LogP contribution in [0.2, 0.25) is 0 Å². The Morgan fingerprint density at radius 1 is 1.20 bits per heavy atom. The van der Waals surface area contributed by atoms with Crippen molar-refractivity contribution in [2.24, 2.45) is 0 Å². The maximum atomic E-state index is 12.8. The number of rotatable bonds is 4. The molecule has 2 aromatic carbocycles. The van der Waals surface area contributed by atoms with Crippen molar-refractivity contribution >= 4 is 16.8 Å². The molecule has 0 aliphatic carbocycles. The van der Waals surface area contributed by atoms with E-state index in [0.717, 1.165) is 16.6 Å². The molecular weight excluding hydrogens is 386 g/mol. The number of amides is 1. The average Bonchev–Trinajstić information content (AvgIpc) is 3.18. The number of hydrogen-bond acceptors (Lipinski definition) is 6. The number of H-pyrrole nitrogens is 1. The van der Waals surface area contributed by atoms with Crippen LogP contribution in [0.25, 0.3) is 10.9 Å². The number of para-hydroxylation sites is 2. The lowest BCUT2D eigenvalue weighted by atomic mass is 10.0. The van der Waals surface area contributed by atoms with Gasteiger partial charge >= 0.3 is 0 Å². The lowest BCUT2D eigenvalue weighted by molar-refractivity contribution is -0.136. The second kappa shape index (κ2) is 7.87. The van der Waals surface area contributed by atoms with E-state index >= 15 is 0 Å². The van der Waals surface area contributed by atoms with Gasteiger partial charge in [-0.05, 0) is 18.2 Å². The van der Waals surface area contributed by atoms with Crippen molar-refractivity contribution < 1.29 is 24.1 Å². The number of benzene rings is 2. The summed E-state index contributed by atoms with van der Waals surface area (Å²) in [5.41, 5.74) is 1.63. The van der Waals surface area contributed by atoms with Crippen LogP contribution in [0.5, 0.6) is 17.2 Å². The highest BCUT2D eigenvalue weighted by Crippen LogP contribution is 2.40. The minimum atomic E-state index is -0.790. The Labute approximate surface area is 173 Å². The number of aromatic amines is 1. The van der Waals surface area contributed by atoms with Crippen LogP contribution < -0.4 is 14.2 Å². The van der Waals surface area contributed by atoms with Crippen molar-refractivity contribution in [1.82, 2.24) is 15.1 Å². The average molecular weight is 409 g/mol. The predicted molar refractivity (Wildman–Crippen MR) is 109 cm³/mol. The summed E-state index contributed by atoms with van der Waals surface area (Å²) >= 11 is 0. The van der Waals surface area contributed by atoms with E-state index in [-0.39, 0.29) is 18.9 Å². The third kappa shape index (κ3) is 3.54. The second-order valence-corrected chi connectivity index (χ2v) is 7.53. The summed E-state index contributed by atoms with van der Waals surface area (Å²) in [5, 5.41) is 18.8. The number of aromatic nitrogens is 2. The number of aliphatic hydroxyl groups excluding tert-OH is 1. The number of carbonyl (C=O) groups is 1. The van der Waals surface area contributed by atoms with Crippen LogP contribution in [-0.4, -0.2) is 64.6 Å². The van der Waals surface area contributed by atoms with Crippen molar-refractivity contribution in [3.63, 3.8) is 0 Å². The van der Waals surface area contributed by atoms with Gasteiger partial charge in [0.1, 0.15) is 25.4 Å². The standard InChI is InChI=1S/C22H23N3O5/c26-17-13-25(21(27)12-16-14-4-1-2-5-15(14)23-24-16)9-8-18(17)30-20-7-3-6-19-22(20)29-11-10-28-19/h1-7,17-18,26H,8-13H2,(H,23,24)/t17-,18-/m1/s1. The molecule has 8 nitrogen and oxygen atoms in total. The van der Waals surface area contributed by atoms with Gasteiger partial charge in [-0.3, -0.25) is 9.89 Å². The summed E-state index contributed by atoms with van der Waals surface area (Å²) in [6.07, 6.45) is -0.460. The molecule has 2 atom stereocenters. The number of ether oxygens (including phenoxy) is 3. The molecule has 3 heterocycles. The van der Waals surface area contributed by atoms with E-state index in [1.807, 2.05) is 36.4 Å². The topological polar surface area (TPSA) is 96.9 Å². The summed E-state index contributed by atoms with van der Waals surface area (Å²) < 4.78 is 17.3. The van der Waals surface area contributed by atoms with E-state index in [4.69, 9.17) is 14.2 Å². The molecule has 1 saturated heterocycles. The summed E-state index contributed by atoms with van der Waals surface area (Å²) in [6.45, 7) is 1.71. The third-order valence-electron chi connectivity index (χ3n) is 5.55. The summed E-state index contributed by atoms with van der Waals surface area (Å²) in [6, 6.07) is 13.2. The van der Waals surface area contributed by atoms with Crippen molar-refractivity contribution in [1.29, 1.82) is 0 Å². The first-order valence-corrected chi connectivity index (χ1v) is 10.1. The first-order valence-electron chi connectivity index (χ1n) is 10.1. The number of piperidine rings is 1. The van der Waals surface area contributed by atoms with E-state index in [1.165, 1.54) is 0 Å². The lowest BCUT2D eigenvalue weighted by Crippen LogP contribution is -2.51. The minimum absolute atomic E-state index is 0.0456. The van der Waals surface area contributed by atoms with Crippen LogP contribution in [0, 0.1) is 0 Å². The van der Waals surface area contributed by atoms with E-state index in [1.54, 1.807) is 11.0 Å². The third-order valence-corrected chi connectivity index (χ3v) is 5.55. The Bertz CT molecular complexity index is 1070. The quantitative estimate of drug-likeness (QED) is 0.683. The monoisotopic (exact) mass is 409 g/mol. The van der Waals surface area contributed by atoms with Gasteiger partial charge in [-0.2, -0.15) is 5.10 Å². The van der Waals surface area contributed by atoms with Gasteiger partial charge in [0.25, 0.3) is 0 Å². The number of nitrogens with one attached hydrogen (secondary N) is 1. The Hall–Kier alpha value is -3.26. The van der Waals surface area contributed by atoms with E-state index in [2.05, 4.69) is 10.2 Å². The zero-order valence-corrected chi connectivity index (χ0v) is 16.4. The zero-order valence-electron chi connectivity index (χ0n) is 16.4. The fourth-order valence-corrected chi connectivity index (χ4v) is 3.99. The highest BCUT2D eigenvalue weighted by atomic mass is 16.6. The van der Waals surface area contributed by atoms with E-state index < -0.39 is 12.2 Å². The maximum absolute atomic E-state index is 12.8. The first-order chi connectivity index (χ1) is 14.7. The largest absolute Gasteiger partial charge is 0.486 e. The van der Waals surface area contributed by atoms with Crippen LogP contribution in [0.15, 0.2) is 42.5 Å². The van der Waals surface area contributed by atoms with Gasteiger partial charge in [-0.25, -0.2) is 0 Å². The number of β-amino-alcohol motifs (C(OH)–C–C–N with tert-alkyl or cyclic N) is 1. The maximum Gasteiger partial charge on any atom is 0.228 e. The molecule has 156 valence electrons. The molecular formula is C22H23N3O5. The zero-order chi connectivity index (χ0) is 20.5. The minimum Gasteiger partial charge on any atom is -0.486 e. The van der Waals surface area contributed by atoms with Gasteiger partial charge in [0, 0.05) is 18.4 Å². The molecule has 2 N–H and O–H groups in total. The molecule has 5 rings (SSSR count). The smallest absolute Gasteiger partial charge is 0.228 e. The normalized spacial score (nSPS) is 20.9. The molecule has 1 aromatic heterocycles. The van der Waals surface area contributed by atoms with Gasteiger partial charge in [-0.1, -0.05) is 24.3 Å². The van der Waals surface area contributed by atoms with Crippen molar-refractivity contribution in [2.75, 3.05) is 26.3 Å². The lowest BCUT2D eigenvalue weighted by Gasteiger charge is -2.36. The highest BCUT2D eigenvalue weighted by Gasteiger charge is 2.33. The van der Waals surface area contributed by atoms with Gasteiger partial charge in [0.2, 0.25) is 11.7 Å². The first kappa shape index (κ1) is 18.7. The van der Waals surface area contributed by atoms with Crippen molar-refractivity contribution in [3.05, 3.63) is 48.2 Å². The molecule has 0 radical (unpaired) electrons. The molecule has 2 aliphatic heterocycles. The van der Waals surface area contributed by atoms with Gasteiger partial charge in [-0.15, -0.1) is 0 Å². The molecule has 30 heavy (non-hydrogen) atoms. The number of carbonyl (C=O) groups excluding carboxylic acids is 1. The van der Waals surface area contributed by atoms with Gasteiger partial charge in [0.05, 0.1) is 24.2 Å². The molecule has 1 amide bonds. The molecule has 0 unspecified atom stereocenters. The number of nitrogens with zero attached hydrogens (tertiary/aromatic N) is 2. The molecule has 0 bridgehead atoms. The number of aliphatic hydroxyl groups is 1. The predicted octanol–water partition coefficient (Wildman–Crippen LogP) is 1.92. The van der Waals surface area contributed by atoms with Crippen LogP contribution in [0.4, 0.5) is 0 Å². The van der Waals surface area contributed by atoms with Crippen molar-refractivity contribution in [3.8, 4) is 17.2 Å². The van der Waals surface area contributed by atoms with Crippen molar-refractivity contribution in [2.45, 2.75) is 25.0 Å². The molecule has 1 fully saturated rings. The summed E-state index contributed by atoms with van der Waals surface area (Å²) in [4.78, 5) is 14.5. The molecule has 8 heteroatoms. The van der Waals surface area contributed by atoms with Crippen LogP contribution >= 0.6 is 0 Å². The molecule has 2 aliphatic rings. The highest BCUT2D eigenvalue weighted by molar-refractivity contribution is 5.87. The molecule has 3 aromatic rings. The SMILES string of the molecule is O=C(Cc1[nH]nc2ccccc12)N1CC[C@@H](Oc2cccc3c2OCCO3)[C@H](O)C1. The molecule has 0 saturated carbocycles. The van der Waals surface area contributed by atoms with Gasteiger partial charge in [0.15, 0.2) is 11.5 Å². The Kier molecular flexibility index (Phi) is 4.92. The fourth-order valence-electron chi connectivity index (χ4n) is 3.99. The Morgan fingerprint density at radius 3 is 2.97 bits per heavy atom. The van der Waals surface area contributed by atoms with Crippen LogP contribution in [0.1, 0.15) is 12.1 Å². The summed E-state index contributed by atoms with van der Waals surface area (Å²) in [5.74, 6) is 1.73. The van der Waals surface area contributed by atoms with Gasteiger partial charge < -0.3 is 24.2 Å². The second-order valence-electron chi connectivity index (χ2n) is 7.53. The fraction of sp³-hybridized carbons (Fsp3) is 0.364. The summed E-state index contributed by atoms with van der Waals surface area (Å²) in [7, 11) is 0. The van der Waals surface area contributed by atoms with Crippen LogP contribution in [0.3, 0.4) is 0 Å². The van der Waals surface area contributed by atoms with E-state index in [9.17, 15) is 9.90 Å². The number of fused-ring (bicyclic) bond motifs is 2. The Morgan fingerprint density at radius 2 is 2.07 bits per heavy atom. The van der Waals surface area contributed by atoms with Crippen LogP contribution in [-0.2, 0) is 11.2 Å². The van der Waals surface area contributed by atoms with E-state index in [0.29, 0.717) is 43.4 Å².